The summed E-state index contributed by atoms with van der Waals surface area (Å²) >= 11 is 9.48. The molecule has 0 bridgehead atoms. The number of anilines is 1. The molecule has 1 aromatic carbocycles. The van der Waals surface area contributed by atoms with Crippen LogP contribution in [0.15, 0.2) is 35.7 Å². The molecular weight excluding hydrogens is 308 g/mol. The summed E-state index contributed by atoms with van der Waals surface area (Å²) in [5, 5.41) is 7.39. The lowest BCUT2D eigenvalue weighted by Gasteiger charge is -2.15. The van der Waals surface area contributed by atoms with Crippen LogP contribution in [0.25, 0.3) is 10.2 Å². The van der Waals surface area contributed by atoms with Crippen LogP contribution in [0.4, 0.5) is 5.13 Å². The summed E-state index contributed by atoms with van der Waals surface area (Å²) in [5.74, 6) is 0. The van der Waals surface area contributed by atoms with E-state index in [0.717, 1.165) is 28.5 Å². The molecule has 5 heteroatoms. The third kappa shape index (κ3) is 2.97. The van der Waals surface area contributed by atoms with Gasteiger partial charge in [-0.15, -0.1) is 11.3 Å². The maximum Gasteiger partial charge on any atom is 0.184 e. The number of aromatic nitrogens is 1. The van der Waals surface area contributed by atoms with Crippen molar-refractivity contribution in [3.8, 4) is 0 Å². The molecule has 104 valence electrons. The SMILES string of the molecule is CCCC(Nc1nc2cc(Cl)ccc2s1)c1cccs1. The second kappa shape index (κ2) is 6.12. The molecule has 0 aliphatic rings. The molecule has 1 N–H and O–H groups in total. The molecular formula is C15H15ClN2S2. The zero-order valence-corrected chi connectivity index (χ0v) is 13.5. The van der Waals surface area contributed by atoms with Gasteiger partial charge >= 0.3 is 0 Å². The number of benzene rings is 1. The fourth-order valence-corrected chi connectivity index (χ4v) is 4.05. The normalized spacial score (nSPS) is 12.7. The second-order valence-electron chi connectivity index (χ2n) is 4.63. The Kier molecular flexibility index (Phi) is 4.24. The van der Waals surface area contributed by atoms with Gasteiger partial charge in [0.1, 0.15) is 0 Å². The van der Waals surface area contributed by atoms with Gasteiger partial charge in [-0.25, -0.2) is 4.98 Å². The number of nitrogens with zero attached hydrogens (tertiary/aromatic N) is 1. The summed E-state index contributed by atoms with van der Waals surface area (Å²) in [6.45, 7) is 2.21. The topological polar surface area (TPSA) is 24.9 Å². The van der Waals surface area contributed by atoms with E-state index in [0.29, 0.717) is 6.04 Å². The van der Waals surface area contributed by atoms with Crippen LogP contribution in [-0.4, -0.2) is 4.98 Å². The molecule has 2 heterocycles. The van der Waals surface area contributed by atoms with E-state index in [1.807, 2.05) is 18.2 Å². The Hall–Kier alpha value is -1.10. The summed E-state index contributed by atoms with van der Waals surface area (Å²) in [6.07, 6.45) is 2.25. The molecule has 0 aliphatic heterocycles. The zero-order valence-electron chi connectivity index (χ0n) is 11.1. The highest BCUT2D eigenvalue weighted by molar-refractivity contribution is 7.22. The molecule has 0 aliphatic carbocycles. The lowest BCUT2D eigenvalue weighted by Crippen LogP contribution is -2.08. The number of thiophene rings is 1. The van der Waals surface area contributed by atoms with Gasteiger partial charge in [-0.3, -0.25) is 0 Å². The van der Waals surface area contributed by atoms with E-state index < -0.39 is 0 Å². The Labute approximate surface area is 131 Å². The lowest BCUT2D eigenvalue weighted by atomic mass is 10.1. The summed E-state index contributed by atoms with van der Waals surface area (Å²) in [4.78, 5) is 6.00. The Morgan fingerprint density at radius 2 is 2.25 bits per heavy atom. The van der Waals surface area contributed by atoms with Gasteiger partial charge in [0.05, 0.1) is 16.3 Å². The highest BCUT2D eigenvalue weighted by Gasteiger charge is 2.14. The average Bonchev–Trinajstić information content (AvgIpc) is 3.06. The van der Waals surface area contributed by atoms with Gasteiger partial charge in [-0.2, -0.15) is 0 Å². The van der Waals surface area contributed by atoms with Crippen molar-refractivity contribution < 1.29 is 0 Å². The molecule has 0 saturated carbocycles. The fraction of sp³-hybridized carbons (Fsp3) is 0.267. The van der Waals surface area contributed by atoms with Crippen LogP contribution in [0.1, 0.15) is 30.7 Å². The van der Waals surface area contributed by atoms with Crippen LogP contribution in [-0.2, 0) is 0 Å². The molecule has 1 atom stereocenters. The van der Waals surface area contributed by atoms with Crippen molar-refractivity contribution in [2.24, 2.45) is 0 Å². The number of rotatable bonds is 5. The van der Waals surface area contributed by atoms with E-state index in [9.17, 15) is 0 Å². The van der Waals surface area contributed by atoms with Gasteiger partial charge in [-0.05, 0) is 36.1 Å². The van der Waals surface area contributed by atoms with E-state index in [2.05, 4.69) is 34.7 Å². The quantitative estimate of drug-likeness (QED) is 0.626. The lowest BCUT2D eigenvalue weighted by molar-refractivity contribution is 0.687. The predicted molar refractivity (Wildman–Crippen MR) is 90.2 cm³/mol. The van der Waals surface area contributed by atoms with Crippen LogP contribution in [0.5, 0.6) is 0 Å². The largest absolute Gasteiger partial charge is 0.354 e. The van der Waals surface area contributed by atoms with Gasteiger partial charge in [0.15, 0.2) is 5.13 Å². The average molecular weight is 323 g/mol. The molecule has 0 radical (unpaired) electrons. The van der Waals surface area contributed by atoms with E-state index in [1.54, 1.807) is 22.7 Å². The summed E-state index contributed by atoms with van der Waals surface area (Å²) < 4.78 is 1.17. The smallest absolute Gasteiger partial charge is 0.184 e. The number of hydrogen-bond acceptors (Lipinski definition) is 4. The molecule has 0 spiro atoms. The number of halogens is 1. The first-order chi connectivity index (χ1) is 9.76. The third-order valence-electron chi connectivity index (χ3n) is 3.11. The minimum absolute atomic E-state index is 0.344. The first-order valence-corrected chi connectivity index (χ1v) is 8.69. The molecule has 2 aromatic heterocycles. The summed E-state index contributed by atoms with van der Waals surface area (Å²) in [6, 6.07) is 10.5. The second-order valence-corrected chi connectivity index (χ2v) is 7.08. The van der Waals surface area contributed by atoms with Crippen LogP contribution >= 0.6 is 34.3 Å². The minimum Gasteiger partial charge on any atom is -0.354 e. The predicted octanol–water partition coefficient (Wildman–Crippen LogP) is 5.96. The first-order valence-electron chi connectivity index (χ1n) is 6.62. The third-order valence-corrected chi connectivity index (χ3v) is 5.30. The maximum absolute atomic E-state index is 6.01. The van der Waals surface area contributed by atoms with E-state index in [1.165, 1.54) is 9.58 Å². The Balaban J connectivity index is 1.86. The molecule has 3 rings (SSSR count). The van der Waals surface area contributed by atoms with Gasteiger partial charge in [0.2, 0.25) is 0 Å². The van der Waals surface area contributed by atoms with Gasteiger partial charge in [-0.1, -0.05) is 42.3 Å². The van der Waals surface area contributed by atoms with Crippen molar-refractivity contribution in [1.29, 1.82) is 0 Å². The van der Waals surface area contributed by atoms with Gasteiger partial charge in [0.25, 0.3) is 0 Å². The van der Waals surface area contributed by atoms with Crippen molar-refractivity contribution >= 4 is 49.6 Å². The standard InChI is InChI=1S/C15H15ClN2S2/c1-2-4-11(13-5-3-8-19-13)17-15-18-12-9-10(16)6-7-14(12)20-15/h3,5-9,11H,2,4H2,1H3,(H,17,18). The van der Waals surface area contributed by atoms with E-state index in [4.69, 9.17) is 11.6 Å². The Morgan fingerprint density at radius 1 is 1.35 bits per heavy atom. The number of thiazole rings is 1. The van der Waals surface area contributed by atoms with Crippen LogP contribution in [0.3, 0.4) is 0 Å². The van der Waals surface area contributed by atoms with Crippen LogP contribution in [0, 0.1) is 0 Å². The van der Waals surface area contributed by atoms with Crippen molar-refractivity contribution in [2.45, 2.75) is 25.8 Å². The molecule has 0 fully saturated rings. The Morgan fingerprint density at radius 3 is 3.00 bits per heavy atom. The highest BCUT2D eigenvalue weighted by atomic mass is 35.5. The molecule has 1 unspecified atom stereocenters. The summed E-state index contributed by atoms with van der Waals surface area (Å²) in [5.41, 5.74) is 0.964. The van der Waals surface area contributed by atoms with Gasteiger partial charge in [0, 0.05) is 9.90 Å². The minimum atomic E-state index is 0.344. The van der Waals surface area contributed by atoms with Crippen molar-refractivity contribution in [3.63, 3.8) is 0 Å². The maximum atomic E-state index is 6.01. The van der Waals surface area contributed by atoms with Crippen molar-refractivity contribution in [2.75, 3.05) is 5.32 Å². The van der Waals surface area contributed by atoms with Gasteiger partial charge < -0.3 is 5.32 Å². The Bertz CT molecular complexity index is 691. The zero-order chi connectivity index (χ0) is 13.9. The van der Waals surface area contributed by atoms with E-state index in [-0.39, 0.29) is 0 Å². The monoisotopic (exact) mass is 322 g/mol. The van der Waals surface area contributed by atoms with Crippen molar-refractivity contribution in [3.05, 3.63) is 45.6 Å². The molecule has 0 amide bonds. The molecule has 0 saturated heterocycles. The van der Waals surface area contributed by atoms with Crippen molar-refractivity contribution in [1.82, 2.24) is 4.98 Å². The van der Waals surface area contributed by atoms with E-state index >= 15 is 0 Å². The molecule has 2 nitrogen and oxygen atoms in total. The number of fused-ring (bicyclic) bond motifs is 1. The summed E-state index contributed by atoms with van der Waals surface area (Å²) in [7, 11) is 0. The molecule has 20 heavy (non-hydrogen) atoms. The first kappa shape index (κ1) is 13.9. The number of nitrogens with one attached hydrogen (secondary N) is 1. The van der Waals surface area contributed by atoms with Crippen LogP contribution < -0.4 is 5.32 Å². The van der Waals surface area contributed by atoms with Crippen LogP contribution in [0.2, 0.25) is 5.02 Å². The number of hydrogen-bond donors (Lipinski definition) is 1. The molecule has 3 aromatic rings. The highest BCUT2D eigenvalue weighted by Crippen LogP contribution is 2.32. The fourth-order valence-electron chi connectivity index (χ4n) is 2.18.